The molecule has 1 aromatic rings. The summed E-state index contributed by atoms with van der Waals surface area (Å²) in [6, 6.07) is 0.497. The lowest BCUT2D eigenvalue weighted by atomic mass is 10.1. The van der Waals surface area contributed by atoms with E-state index in [2.05, 4.69) is 16.9 Å². The van der Waals surface area contributed by atoms with Gasteiger partial charge in [0.15, 0.2) is 5.82 Å². The Morgan fingerprint density at radius 2 is 2.22 bits per heavy atom. The van der Waals surface area contributed by atoms with Crippen molar-refractivity contribution in [2.24, 2.45) is 13.0 Å². The van der Waals surface area contributed by atoms with Crippen molar-refractivity contribution in [2.45, 2.75) is 32.7 Å². The zero-order valence-corrected chi connectivity index (χ0v) is 11.8. The number of hydrogen-bond acceptors (Lipinski definition) is 4. The van der Waals surface area contributed by atoms with E-state index < -0.39 is 0 Å². The van der Waals surface area contributed by atoms with Gasteiger partial charge in [0.05, 0.1) is 18.0 Å². The van der Waals surface area contributed by atoms with Crippen LogP contribution in [-0.4, -0.2) is 36.1 Å². The summed E-state index contributed by atoms with van der Waals surface area (Å²) in [6.45, 7) is 5.79. The number of nitrogen functional groups attached to an aromatic ring is 1. The molecule has 1 saturated carbocycles. The van der Waals surface area contributed by atoms with Gasteiger partial charge in [-0.3, -0.25) is 4.68 Å². The zero-order chi connectivity index (χ0) is 13.3. The van der Waals surface area contributed by atoms with Crippen LogP contribution in [0.5, 0.6) is 0 Å². The molecular formula is C13H24N4O. The lowest BCUT2D eigenvalue weighted by molar-refractivity contribution is 0.202. The molecule has 1 aliphatic carbocycles. The Morgan fingerprint density at radius 1 is 1.56 bits per heavy atom. The van der Waals surface area contributed by atoms with E-state index in [0.29, 0.717) is 12.6 Å². The fourth-order valence-electron chi connectivity index (χ4n) is 2.53. The number of rotatable bonds is 6. The Morgan fingerprint density at radius 3 is 2.67 bits per heavy atom. The van der Waals surface area contributed by atoms with Crippen LogP contribution in [0.3, 0.4) is 0 Å². The molecule has 5 heteroatoms. The van der Waals surface area contributed by atoms with Gasteiger partial charge in [-0.15, -0.1) is 0 Å². The average Bonchev–Trinajstić information content (AvgIpc) is 3.13. The summed E-state index contributed by atoms with van der Waals surface area (Å²) < 4.78 is 7.11. The Bertz CT molecular complexity index is 411. The summed E-state index contributed by atoms with van der Waals surface area (Å²) in [4.78, 5) is 2.34. The number of methoxy groups -OCH3 is 1. The van der Waals surface area contributed by atoms with Gasteiger partial charge in [-0.2, -0.15) is 5.10 Å². The van der Waals surface area contributed by atoms with Crippen molar-refractivity contribution in [3.8, 4) is 0 Å². The largest absolute Gasteiger partial charge is 0.394 e. The topological polar surface area (TPSA) is 56.3 Å². The molecule has 1 atom stereocenters. The van der Waals surface area contributed by atoms with Gasteiger partial charge in [-0.25, -0.2) is 0 Å². The van der Waals surface area contributed by atoms with Gasteiger partial charge in [0.25, 0.3) is 0 Å². The number of aromatic nitrogens is 2. The predicted octanol–water partition coefficient (Wildman–Crippen LogP) is 1.56. The highest BCUT2D eigenvalue weighted by Crippen LogP contribution is 2.38. The normalized spacial score (nSPS) is 16.9. The minimum absolute atomic E-state index is 0.497. The fourth-order valence-corrected chi connectivity index (χ4v) is 2.53. The van der Waals surface area contributed by atoms with Crippen molar-refractivity contribution < 1.29 is 4.74 Å². The zero-order valence-electron chi connectivity index (χ0n) is 11.8. The summed E-state index contributed by atoms with van der Waals surface area (Å²) in [5.74, 6) is 1.82. The van der Waals surface area contributed by atoms with Crippen LogP contribution in [0.2, 0.25) is 0 Å². The molecule has 5 nitrogen and oxygen atoms in total. The maximum atomic E-state index is 6.17. The molecular weight excluding hydrogens is 228 g/mol. The van der Waals surface area contributed by atoms with Crippen LogP contribution in [0.4, 0.5) is 11.5 Å². The molecule has 1 aromatic heterocycles. The molecule has 0 aromatic carbocycles. The van der Waals surface area contributed by atoms with Crippen molar-refractivity contribution in [3.05, 3.63) is 5.69 Å². The Balaban J connectivity index is 2.26. The molecule has 0 bridgehead atoms. The predicted molar refractivity (Wildman–Crippen MR) is 73.8 cm³/mol. The van der Waals surface area contributed by atoms with E-state index in [0.717, 1.165) is 29.7 Å². The van der Waals surface area contributed by atoms with Crippen LogP contribution in [0.25, 0.3) is 0 Å². The van der Waals surface area contributed by atoms with E-state index in [-0.39, 0.29) is 0 Å². The summed E-state index contributed by atoms with van der Waals surface area (Å²) in [5, 5.41) is 4.41. The van der Waals surface area contributed by atoms with Gasteiger partial charge in [-0.1, -0.05) is 0 Å². The molecule has 2 N–H and O–H groups in total. The maximum Gasteiger partial charge on any atom is 0.150 e. The molecule has 1 aliphatic rings. The molecule has 0 radical (unpaired) electrons. The van der Waals surface area contributed by atoms with E-state index in [9.17, 15) is 0 Å². The van der Waals surface area contributed by atoms with Crippen LogP contribution in [0, 0.1) is 12.8 Å². The first-order valence-corrected chi connectivity index (χ1v) is 6.61. The van der Waals surface area contributed by atoms with Crippen LogP contribution >= 0.6 is 0 Å². The highest BCUT2D eigenvalue weighted by atomic mass is 16.5. The summed E-state index contributed by atoms with van der Waals surface area (Å²) in [5.41, 5.74) is 7.86. The molecule has 0 spiro atoms. The first kappa shape index (κ1) is 13.2. The molecule has 18 heavy (non-hydrogen) atoms. The lowest BCUT2D eigenvalue weighted by Gasteiger charge is -2.31. The number of hydrogen-bond donors (Lipinski definition) is 1. The summed E-state index contributed by atoms with van der Waals surface area (Å²) in [7, 11) is 3.69. The summed E-state index contributed by atoms with van der Waals surface area (Å²) in [6.07, 6.45) is 2.64. The minimum Gasteiger partial charge on any atom is -0.394 e. The number of anilines is 2. The lowest BCUT2D eigenvalue weighted by Crippen LogP contribution is -2.39. The van der Waals surface area contributed by atoms with E-state index in [1.807, 2.05) is 18.7 Å². The highest BCUT2D eigenvalue weighted by molar-refractivity contribution is 5.66. The van der Waals surface area contributed by atoms with E-state index in [4.69, 9.17) is 10.5 Å². The Kier molecular flexibility index (Phi) is 3.80. The van der Waals surface area contributed by atoms with Gasteiger partial charge in [0.2, 0.25) is 0 Å². The second-order valence-electron chi connectivity index (χ2n) is 5.21. The van der Waals surface area contributed by atoms with E-state index in [1.165, 1.54) is 12.8 Å². The van der Waals surface area contributed by atoms with Crippen LogP contribution in [-0.2, 0) is 11.8 Å². The fraction of sp³-hybridized carbons (Fsp3) is 0.769. The quantitative estimate of drug-likeness (QED) is 0.835. The number of nitrogens with zero attached hydrogens (tertiary/aromatic N) is 3. The third-order valence-corrected chi connectivity index (χ3v) is 3.84. The molecule has 102 valence electrons. The van der Waals surface area contributed by atoms with E-state index in [1.54, 1.807) is 7.11 Å². The van der Waals surface area contributed by atoms with Gasteiger partial charge in [0.1, 0.15) is 0 Å². The smallest absolute Gasteiger partial charge is 0.150 e. The minimum atomic E-state index is 0.497. The molecule has 0 aliphatic heterocycles. The SMILES string of the molecule is COCCN(c1c(N)c(C)nn1C)C(C)C1CC1. The molecule has 1 unspecified atom stereocenters. The molecule has 0 amide bonds. The molecule has 1 heterocycles. The average molecular weight is 252 g/mol. The third kappa shape index (κ3) is 2.46. The van der Waals surface area contributed by atoms with Crippen molar-refractivity contribution in [3.63, 3.8) is 0 Å². The molecule has 2 rings (SSSR count). The van der Waals surface area contributed by atoms with Crippen molar-refractivity contribution >= 4 is 11.5 Å². The van der Waals surface area contributed by atoms with Gasteiger partial charge in [-0.05, 0) is 32.6 Å². The van der Waals surface area contributed by atoms with Crippen molar-refractivity contribution in [2.75, 3.05) is 30.9 Å². The Labute approximate surface area is 109 Å². The highest BCUT2D eigenvalue weighted by Gasteiger charge is 2.34. The second kappa shape index (κ2) is 5.18. The Hall–Kier alpha value is -1.23. The van der Waals surface area contributed by atoms with Gasteiger partial charge in [0, 0.05) is 26.7 Å². The monoisotopic (exact) mass is 252 g/mol. The van der Waals surface area contributed by atoms with Crippen LogP contribution in [0.1, 0.15) is 25.5 Å². The van der Waals surface area contributed by atoms with Crippen LogP contribution < -0.4 is 10.6 Å². The first-order valence-electron chi connectivity index (χ1n) is 6.61. The molecule has 0 saturated heterocycles. The van der Waals surface area contributed by atoms with Crippen molar-refractivity contribution in [1.29, 1.82) is 0 Å². The second-order valence-corrected chi connectivity index (χ2v) is 5.21. The standard InChI is InChI=1S/C13H24N4O/c1-9-12(14)13(16(3)15-9)17(7-8-18-4)10(2)11-5-6-11/h10-11H,5-8,14H2,1-4H3. The number of nitrogens with two attached hydrogens (primary N) is 1. The van der Waals surface area contributed by atoms with Crippen LogP contribution in [0.15, 0.2) is 0 Å². The first-order chi connectivity index (χ1) is 8.56. The van der Waals surface area contributed by atoms with Gasteiger partial charge < -0.3 is 15.4 Å². The van der Waals surface area contributed by atoms with Crippen molar-refractivity contribution in [1.82, 2.24) is 9.78 Å². The molecule has 1 fully saturated rings. The third-order valence-electron chi connectivity index (χ3n) is 3.84. The van der Waals surface area contributed by atoms with E-state index >= 15 is 0 Å². The number of ether oxygens (including phenoxy) is 1. The summed E-state index contributed by atoms with van der Waals surface area (Å²) >= 11 is 0. The van der Waals surface area contributed by atoms with Gasteiger partial charge >= 0.3 is 0 Å². The maximum absolute atomic E-state index is 6.17. The number of aryl methyl sites for hydroxylation is 2.